The molecule has 0 bridgehead atoms. The van der Waals surface area contributed by atoms with E-state index in [1.807, 2.05) is 36.6 Å². The third-order valence-electron chi connectivity index (χ3n) is 2.68. The van der Waals surface area contributed by atoms with Gasteiger partial charge >= 0.3 is 5.97 Å². The molecular formula is C13H13Br2N3O2S. The number of thioether (sulfide) groups is 1. The number of nitrogens with zero attached hydrogens (tertiary/aromatic N) is 3. The molecule has 2 rings (SSSR count). The van der Waals surface area contributed by atoms with Gasteiger partial charge in [-0.15, -0.1) is 10.2 Å². The fourth-order valence-corrected chi connectivity index (χ4v) is 3.83. The Kier molecular flexibility index (Phi) is 5.45. The summed E-state index contributed by atoms with van der Waals surface area (Å²) in [6, 6.07) is 5.95. The smallest absolute Gasteiger partial charge is 0.313 e. The van der Waals surface area contributed by atoms with Crippen molar-refractivity contribution in [3.05, 3.63) is 27.1 Å². The number of carboxylic acids is 1. The summed E-state index contributed by atoms with van der Waals surface area (Å²) in [6.45, 7) is 4.04. The first-order valence-corrected chi connectivity index (χ1v) is 8.72. The average molecular weight is 435 g/mol. The predicted octanol–water partition coefficient (Wildman–Crippen LogP) is 4.23. The molecule has 0 saturated carbocycles. The summed E-state index contributed by atoms with van der Waals surface area (Å²) in [5.74, 6) is -0.186. The number of carboxylic acid groups (broad SMARTS) is 1. The first-order valence-electron chi connectivity index (χ1n) is 6.15. The molecule has 0 aliphatic heterocycles. The Morgan fingerprint density at radius 2 is 2.10 bits per heavy atom. The lowest BCUT2D eigenvalue weighted by atomic mass is 10.2. The van der Waals surface area contributed by atoms with Gasteiger partial charge in [-0.1, -0.05) is 27.7 Å². The van der Waals surface area contributed by atoms with Gasteiger partial charge < -0.3 is 5.11 Å². The molecule has 1 aromatic carbocycles. The zero-order chi connectivity index (χ0) is 15.6. The number of hydrogen-bond donors (Lipinski definition) is 1. The zero-order valence-corrected chi connectivity index (χ0v) is 15.4. The summed E-state index contributed by atoms with van der Waals surface area (Å²) in [7, 11) is 0. The van der Waals surface area contributed by atoms with Crippen LogP contribution in [0.2, 0.25) is 0 Å². The van der Waals surface area contributed by atoms with E-state index in [1.54, 1.807) is 0 Å². The average Bonchev–Trinajstić information content (AvgIpc) is 2.80. The van der Waals surface area contributed by atoms with Crippen LogP contribution < -0.4 is 0 Å². The maximum absolute atomic E-state index is 10.7. The summed E-state index contributed by atoms with van der Waals surface area (Å²) in [5, 5.41) is 17.8. The Bertz CT molecular complexity index is 673. The Balaban J connectivity index is 2.46. The predicted molar refractivity (Wildman–Crippen MR) is 89.6 cm³/mol. The molecule has 21 heavy (non-hydrogen) atoms. The second-order valence-electron chi connectivity index (χ2n) is 4.58. The van der Waals surface area contributed by atoms with Crippen molar-refractivity contribution in [1.82, 2.24) is 14.8 Å². The van der Waals surface area contributed by atoms with Crippen molar-refractivity contribution < 1.29 is 9.90 Å². The van der Waals surface area contributed by atoms with Gasteiger partial charge in [0.1, 0.15) is 0 Å². The highest BCUT2D eigenvalue weighted by molar-refractivity contribution is 9.11. The van der Waals surface area contributed by atoms with Crippen LogP contribution in [-0.2, 0) is 4.79 Å². The lowest BCUT2D eigenvalue weighted by Crippen LogP contribution is -2.07. The van der Waals surface area contributed by atoms with Crippen LogP contribution in [0.15, 0.2) is 32.3 Å². The molecule has 0 aliphatic carbocycles. The van der Waals surface area contributed by atoms with Gasteiger partial charge in [0.25, 0.3) is 0 Å². The molecule has 0 spiro atoms. The van der Waals surface area contributed by atoms with Crippen molar-refractivity contribution in [2.75, 3.05) is 5.75 Å². The molecule has 8 heteroatoms. The largest absolute Gasteiger partial charge is 0.481 e. The minimum absolute atomic E-state index is 0.0354. The van der Waals surface area contributed by atoms with Crippen LogP contribution in [0.1, 0.15) is 19.9 Å². The first kappa shape index (κ1) is 16.5. The van der Waals surface area contributed by atoms with E-state index >= 15 is 0 Å². The second kappa shape index (κ2) is 6.93. The summed E-state index contributed by atoms with van der Waals surface area (Å²) in [6.07, 6.45) is 0. The Morgan fingerprint density at radius 1 is 1.38 bits per heavy atom. The maximum atomic E-state index is 10.7. The van der Waals surface area contributed by atoms with Crippen LogP contribution in [-0.4, -0.2) is 31.6 Å². The van der Waals surface area contributed by atoms with Gasteiger partial charge in [-0.05, 0) is 48.0 Å². The minimum atomic E-state index is -0.871. The lowest BCUT2D eigenvalue weighted by Gasteiger charge is -2.14. The normalized spacial score (nSPS) is 11.1. The van der Waals surface area contributed by atoms with Crippen LogP contribution >= 0.6 is 43.6 Å². The number of aliphatic carboxylic acids is 1. The molecule has 0 atom stereocenters. The highest BCUT2D eigenvalue weighted by atomic mass is 79.9. The molecule has 112 valence electrons. The number of rotatable bonds is 5. The number of aromatic nitrogens is 3. The SMILES string of the molecule is CC(C)n1c(SCC(=O)O)nnc1-c1ccc(Br)cc1Br. The van der Waals surface area contributed by atoms with E-state index in [1.165, 1.54) is 11.8 Å². The Labute approximate surface area is 143 Å². The van der Waals surface area contributed by atoms with Crippen LogP contribution in [0.3, 0.4) is 0 Å². The van der Waals surface area contributed by atoms with Crippen molar-refractivity contribution >= 4 is 49.6 Å². The minimum Gasteiger partial charge on any atom is -0.481 e. The molecule has 1 heterocycles. The number of carbonyl (C=O) groups is 1. The van der Waals surface area contributed by atoms with E-state index in [2.05, 4.69) is 42.1 Å². The fourth-order valence-electron chi connectivity index (χ4n) is 1.82. The summed E-state index contributed by atoms with van der Waals surface area (Å²) < 4.78 is 3.82. The molecule has 0 amide bonds. The second-order valence-corrected chi connectivity index (χ2v) is 7.29. The monoisotopic (exact) mass is 433 g/mol. The van der Waals surface area contributed by atoms with Gasteiger partial charge in [0.2, 0.25) is 0 Å². The van der Waals surface area contributed by atoms with Gasteiger partial charge in [-0.25, -0.2) is 0 Å². The maximum Gasteiger partial charge on any atom is 0.313 e. The van der Waals surface area contributed by atoms with Crippen LogP contribution in [0.4, 0.5) is 0 Å². The number of hydrogen-bond acceptors (Lipinski definition) is 4. The zero-order valence-electron chi connectivity index (χ0n) is 11.4. The van der Waals surface area contributed by atoms with Crippen molar-refractivity contribution in [2.24, 2.45) is 0 Å². The van der Waals surface area contributed by atoms with E-state index in [-0.39, 0.29) is 11.8 Å². The summed E-state index contributed by atoms with van der Waals surface area (Å²) in [4.78, 5) is 10.7. The van der Waals surface area contributed by atoms with Crippen LogP contribution in [0.5, 0.6) is 0 Å². The highest BCUT2D eigenvalue weighted by Crippen LogP contribution is 2.33. The van der Waals surface area contributed by atoms with Crippen molar-refractivity contribution in [2.45, 2.75) is 25.0 Å². The van der Waals surface area contributed by atoms with Crippen LogP contribution in [0.25, 0.3) is 11.4 Å². The molecular weight excluding hydrogens is 422 g/mol. The molecule has 0 saturated heterocycles. The van der Waals surface area contributed by atoms with Crippen molar-refractivity contribution in [1.29, 1.82) is 0 Å². The first-order chi connectivity index (χ1) is 9.90. The Hall–Kier alpha value is -0.860. The third kappa shape index (κ3) is 3.87. The van der Waals surface area contributed by atoms with Gasteiger partial charge in [0.05, 0.1) is 5.75 Å². The highest BCUT2D eigenvalue weighted by Gasteiger charge is 2.19. The summed E-state index contributed by atoms with van der Waals surface area (Å²) >= 11 is 8.12. The van der Waals surface area contributed by atoms with E-state index in [4.69, 9.17) is 5.11 Å². The number of benzene rings is 1. The quantitative estimate of drug-likeness (QED) is 0.713. The van der Waals surface area contributed by atoms with Crippen molar-refractivity contribution in [3.63, 3.8) is 0 Å². The van der Waals surface area contributed by atoms with Gasteiger partial charge in [0.15, 0.2) is 11.0 Å². The van der Waals surface area contributed by atoms with E-state index in [0.29, 0.717) is 5.16 Å². The van der Waals surface area contributed by atoms with Crippen LogP contribution in [0, 0.1) is 0 Å². The van der Waals surface area contributed by atoms with E-state index in [9.17, 15) is 4.79 Å². The molecule has 1 aromatic heterocycles. The van der Waals surface area contributed by atoms with Gasteiger partial charge in [-0.2, -0.15) is 0 Å². The van der Waals surface area contributed by atoms with E-state index < -0.39 is 5.97 Å². The number of halogens is 2. The third-order valence-corrected chi connectivity index (χ3v) is 4.75. The molecule has 0 fully saturated rings. The standard InChI is InChI=1S/C13H13Br2N3O2S/c1-7(2)18-12(9-4-3-8(14)5-10(9)15)16-17-13(18)21-6-11(19)20/h3-5,7H,6H2,1-2H3,(H,19,20). The summed E-state index contributed by atoms with van der Waals surface area (Å²) in [5.41, 5.74) is 0.918. The Morgan fingerprint density at radius 3 is 2.67 bits per heavy atom. The van der Waals surface area contributed by atoms with E-state index in [0.717, 1.165) is 20.3 Å². The topological polar surface area (TPSA) is 68.0 Å². The van der Waals surface area contributed by atoms with Crippen molar-refractivity contribution in [3.8, 4) is 11.4 Å². The lowest BCUT2D eigenvalue weighted by molar-refractivity contribution is -0.133. The van der Waals surface area contributed by atoms with Gasteiger partial charge in [-0.3, -0.25) is 9.36 Å². The molecule has 5 nitrogen and oxygen atoms in total. The molecule has 0 aliphatic rings. The van der Waals surface area contributed by atoms with Gasteiger partial charge in [0, 0.05) is 20.6 Å². The molecule has 2 aromatic rings. The molecule has 0 unspecified atom stereocenters. The molecule has 0 radical (unpaired) electrons. The fraction of sp³-hybridized carbons (Fsp3) is 0.308. The molecule has 1 N–H and O–H groups in total.